The minimum atomic E-state index is -0.522. The molecule has 0 fully saturated rings. The quantitative estimate of drug-likeness (QED) is 0.821. The first-order valence-electron chi connectivity index (χ1n) is 4.18. The highest BCUT2D eigenvalue weighted by atomic mass is 32.1. The molecule has 5 heteroatoms. The van der Waals surface area contributed by atoms with Gasteiger partial charge < -0.3 is 5.11 Å². The molecule has 1 N–H and O–H groups in total. The van der Waals surface area contributed by atoms with E-state index in [1.54, 1.807) is 30.2 Å². The SMILES string of the molecule is OC(Cc1cncs1)c1ccnnc1. The zero-order valence-electron chi connectivity index (χ0n) is 7.37. The van der Waals surface area contributed by atoms with Crippen molar-refractivity contribution in [3.63, 3.8) is 0 Å². The maximum atomic E-state index is 9.80. The number of rotatable bonds is 3. The Morgan fingerprint density at radius 1 is 1.36 bits per heavy atom. The van der Waals surface area contributed by atoms with Gasteiger partial charge in [0.2, 0.25) is 0 Å². The molecule has 0 spiro atoms. The summed E-state index contributed by atoms with van der Waals surface area (Å²) in [6.07, 6.45) is 4.97. The van der Waals surface area contributed by atoms with E-state index < -0.39 is 6.10 Å². The van der Waals surface area contributed by atoms with E-state index in [0.29, 0.717) is 6.42 Å². The van der Waals surface area contributed by atoms with Gasteiger partial charge in [-0.25, -0.2) is 0 Å². The van der Waals surface area contributed by atoms with Gasteiger partial charge in [-0.3, -0.25) is 4.98 Å². The summed E-state index contributed by atoms with van der Waals surface area (Å²) in [6.45, 7) is 0. The van der Waals surface area contributed by atoms with Crippen molar-refractivity contribution >= 4 is 11.3 Å². The van der Waals surface area contributed by atoms with E-state index in [1.165, 1.54) is 11.3 Å². The average molecular weight is 207 g/mol. The van der Waals surface area contributed by atoms with Crippen LogP contribution < -0.4 is 0 Å². The van der Waals surface area contributed by atoms with Gasteiger partial charge in [-0.15, -0.1) is 11.3 Å². The van der Waals surface area contributed by atoms with E-state index in [9.17, 15) is 5.11 Å². The third kappa shape index (κ3) is 2.12. The summed E-state index contributed by atoms with van der Waals surface area (Å²) in [5, 5.41) is 17.2. The monoisotopic (exact) mass is 207 g/mol. The van der Waals surface area contributed by atoms with Crippen molar-refractivity contribution in [2.45, 2.75) is 12.5 Å². The molecule has 2 aromatic rings. The molecule has 0 aliphatic rings. The van der Waals surface area contributed by atoms with Crippen LogP contribution in [0.5, 0.6) is 0 Å². The minimum absolute atomic E-state index is 0.522. The fourth-order valence-electron chi connectivity index (χ4n) is 1.15. The molecule has 2 aromatic heterocycles. The molecule has 0 saturated heterocycles. The lowest BCUT2D eigenvalue weighted by molar-refractivity contribution is 0.178. The van der Waals surface area contributed by atoms with Gasteiger partial charge in [-0.05, 0) is 6.07 Å². The highest BCUT2D eigenvalue weighted by Crippen LogP contribution is 2.18. The Balaban J connectivity index is 2.07. The van der Waals surface area contributed by atoms with Crippen LogP contribution in [0.2, 0.25) is 0 Å². The third-order valence-corrected chi connectivity index (χ3v) is 2.67. The van der Waals surface area contributed by atoms with Crippen LogP contribution in [-0.2, 0) is 6.42 Å². The normalized spacial score (nSPS) is 12.6. The summed E-state index contributed by atoms with van der Waals surface area (Å²) < 4.78 is 0. The van der Waals surface area contributed by atoms with Crippen LogP contribution in [0.15, 0.2) is 30.2 Å². The Bertz CT molecular complexity index is 376. The highest BCUT2D eigenvalue weighted by Gasteiger charge is 2.09. The second kappa shape index (κ2) is 4.26. The molecule has 0 aromatic carbocycles. The number of aromatic nitrogens is 3. The van der Waals surface area contributed by atoms with Crippen molar-refractivity contribution in [1.82, 2.24) is 15.2 Å². The maximum absolute atomic E-state index is 9.80. The number of hydrogen-bond donors (Lipinski definition) is 1. The van der Waals surface area contributed by atoms with Gasteiger partial charge in [-0.1, -0.05) is 0 Å². The predicted molar refractivity (Wildman–Crippen MR) is 52.8 cm³/mol. The average Bonchev–Trinajstić information content (AvgIpc) is 2.72. The second-order valence-electron chi connectivity index (χ2n) is 2.86. The van der Waals surface area contributed by atoms with E-state index in [0.717, 1.165) is 10.4 Å². The van der Waals surface area contributed by atoms with Crippen molar-refractivity contribution in [2.24, 2.45) is 0 Å². The molecule has 0 bridgehead atoms. The first-order chi connectivity index (χ1) is 6.86. The van der Waals surface area contributed by atoms with Crippen molar-refractivity contribution < 1.29 is 5.11 Å². The largest absolute Gasteiger partial charge is 0.388 e. The fraction of sp³-hybridized carbons (Fsp3) is 0.222. The van der Waals surface area contributed by atoms with Gasteiger partial charge in [0, 0.05) is 29.3 Å². The lowest BCUT2D eigenvalue weighted by atomic mass is 10.1. The van der Waals surface area contributed by atoms with E-state index in [-0.39, 0.29) is 0 Å². The minimum Gasteiger partial charge on any atom is -0.388 e. The number of aliphatic hydroxyl groups is 1. The van der Waals surface area contributed by atoms with Crippen LogP contribution >= 0.6 is 11.3 Å². The molecule has 0 saturated carbocycles. The molecule has 2 rings (SSSR count). The molecule has 1 unspecified atom stereocenters. The number of aliphatic hydroxyl groups excluding tert-OH is 1. The molecule has 72 valence electrons. The van der Waals surface area contributed by atoms with Gasteiger partial charge in [0.15, 0.2) is 0 Å². The first kappa shape index (κ1) is 9.23. The van der Waals surface area contributed by atoms with Gasteiger partial charge in [0.1, 0.15) is 0 Å². The fourth-order valence-corrected chi connectivity index (χ4v) is 1.78. The molecular formula is C9H9N3OS. The standard InChI is InChI=1S/C9H9N3OS/c13-9(3-8-5-10-6-14-8)7-1-2-11-12-4-7/h1-2,4-6,9,13H,3H2. The predicted octanol–water partition coefficient (Wildman–Crippen LogP) is 1.21. The molecule has 0 radical (unpaired) electrons. The number of hydrogen-bond acceptors (Lipinski definition) is 5. The Kier molecular flexibility index (Phi) is 2.81. The molecule has 0 aliphatic heterocycles. The second-order valence-corrected chi connectivity index (χ2v) is 3.83. The molecular weight excluding hydrogens is 198 g/mol. The zero-order chi connectivity index (χ0) is 9.80. The molecule has 14 heavy (non-hydrogen) atoms. The van der Waals surface area contributed by atoms with E-state index in [4.69, 9.17) is 0 Å². The van der Waals surface area contributed by atoms with Crippen LogP contribution in [0.3, 0.4) is 0 Å². The van der Waals surface area contributed by atoms with Crippen LogP contribution in [0.4, 0.5) is 0 Å². The Hall–Kier alpha value is -1.33. The Morgan fingerprint density at radius 2 is 2.29 bits per heavy atom. The summed E-state index contributed by atoms with van der Waals surface area (Å²) in [6, 6.07) is 1.76. The molecule has 2 heterocycles. The van der Waals surface area contributed by atoms with Crippen molar-refractivity contribution in [3.05, 3.63) is 40.6 Å². The van der Waals surface area contributed by atoms with Gasteiger partial charge in [0.25, 0.3) is 0 Å². The Labute approximate surface area is 85.3 Å². The van der Waals surface area contributed by atoms with Gasteiger partial charge in [0.05, 0.1) is 17.8 Å². The summed E-state index contributed by atoms with van der Waals surface area (Å²) in [4.78, 5) is 5.01. The van der Waals surface area contributed by atoms with E-state index in [1.807, 2.05) is 0 Å². The van der Waals surface area contributed by atoms with Crippen molar-refractivity contribution in [2.75, 3.05) is 0 Å². The van der Waals surface area contributed by atoms with E-state index in [2.05, 4.69) is 15.2 Å². The van der Waals surface area contributed by atoms with E-state index >= 15 is 0 Å². The molecule has 1 atom stereocenters. The van der Waals surface area contributed by atoms with Gasteiger partial charge >= 0.3 is 0 Å². The Morgan fingerprint density at radius 3 is 2.93 bits per heavy atom. The first-order valence-corrected chi connectivity index (χ1v) is 5.06. The smallest absolute Gasteiger partial charge is 0.0854 e. The lowest BCUT2D eigenvalue weighted by Crippen LogP contribution is -2.01. The van der Waals surface area contributed by atoms with Crippen molar-refractivity contribution in [1.29, 1.82) is 0 Å². The number of nitrogens with zero attached hydrogens (tertiary/aromatic N) is 3. The van der Waals surface area contributed by atoms with Gasteiger partial charge in [-0.2, -0.15) is 10.2 Å². The highest BCUT2D eigenvalue weighted by molar-refractivity contribution is 7.09. The molecule has 0 aliphatic carbocycles. The maximum Gasteiger partial charge on any atom is 0.0854 e. The van der Waals surface area contributed by atoms with Crippen LogP contribution in [0.1, 0.15) is 16.5 Å². The summed E-state index contributed by atoms with van der Waals surface area (Å²) >= 11 is 1.54. The van der Waals surface area contributed by atoms with Crippen LogP contribution in [0.25, 0.3) is 0 Å². The molecule has 0 amide bonds. The molecule has 4 nitrogen and oxygen atoms in total. The van der Waals surface area contributed by atoms with Crippen LogP contribution in [0, 0.1) is 0 Å². The number of thiazole rings is 1. The summed E-state index contributed by atoms with van der Waals surface area (Å²) in [5.74, 6) is 0. The topological polar surface area (TPSA) is 58.9 Å². The van der Waals surface area contributed by atoms with Crippen LogP contribution in [-0.4, -0.2) is 20.3 Å². The zero-order valence-corrected chi connectivity index (χ0v) is 8.18. The lowest BCUT2D eigenvalue weighted by Gasteiger charge is -2.07. The summed E-state index contributed by atoms with van der Waals surface area (Å²) in [7, 11) is 0. The van der Waals surface area contributed by atoms with Crippen molar-refractivity contribution in [3.8, 4) is 0 Å². The summed E-state index contributed by atoms with van der Waals surface area (Å²) in [5.41, 5.74) is 2.54. The third-order valence-electron chi connectivity index (χ3n) is 1.87.